The zero-order valence-electron chi connectivity index (χ0n) is 15.7. The van der Waals surface area contributed by atoms with Gasteiger partial charge in [-0.25, -0.2) is 0 Å². The number of ether oxygens (including phenoxy) is 1. The molecule has 134 valence electrons. The van der Waals surface area contributed by atoms with Crippen LogP contribution in [0.5, 0.6) is 5.75 Å². The van der Waals surface area contributed by atoms with Crippen molar-refractivity contribution in [2.75, 3.05) is 13.7 Å². The fraction of sp³-hybridized carbons (Fsp3) is 0.273. The number of benzene rings is 2. The number of para-hydroxylation sites is 1. The average Bonchev–Trinajstić information content (AvgIpc) is 2.62. The minimum absolute atomic E-state index is 0.0163. The molecule has 1 aromatic heterocycles. The highest BCUT2D eigenvalue weighted by atomic mass is 16.5. The van der Waals surface area contributed by atoms with Crippen LogP contribution in [0.4, 0.5) is 0 Å². The van der Waals surface area contributed by atoms with Gasteiger partial charge in [-0.15, -0.1) is 0 Å². The summed E-state index contributed by atoms with van der Waals surface area (Å²) in [5.41, 5.74) is 4.49. The van der Waals surface area contributed by atoms with Gasteiger partial charge in [-0.1, -0.05) is 29.8 Å². The summed E-state index contributed by atoms with van der Waals surface area (Å²) in [5, 5.41) is 0.894. The molecule has 0 saturated heterocycles. The number of amides is 1. The Kier molecular flexibility index (Phi) is 5.21. The summed E-state index contributed by atoms with van der Waals surface area (Å²) in [6, 6.07) is 15.7. The van der Waals surface area contributed by atoms with Crippen molar-refractivity contribution in [2.24, 2.45) is 0 Å². The van der Waals surface area contributed by atoms with Crippen molar-refractivity contribution in [1.82, 2.24) is 9.88 Å². The maximum absolute atomic E-state index is 13.2. The van der Waals surface area contributed by atoms with E-state index in [1.165, 1.54) is 0 Å². The summed E-state index contributed by atoms with van der Waals surface area (Å²) in [6.07, 6.45) is 0. The first-order chi connectivity index (χ1) is 12.5. The lowest BCUT2D eigenvalue weighted by molar-refractivity contribution is 0.0786. The van der Waals surface area contributed by atoms with Crippen LogP contribution in [0.1, 0.15) is 34.1 Å². The van der Waals surface area contributed by atoms with E-state index in [4.69, 9.17) is 4.74 Å². The fourth-order valence-electron chi connectivity index (χ4n) is 3.11. The van der Waals surface area contributed by atoms with Crippen molar-refractivity contribution in [3.05, 3.63) is 70.9 Å². The molecule has 0 saturated carbocycles. The molecule has 3 aromatic rings. The molecule has 0 N–H and O–H groups in total. The maximum Gasteiger partial charge on any atom is 0.254 e. The van der Waals surface area contributed by atoms with Gasteiger partial charge in [0.15, 0.2) is 0 Å². The summed E-state index contributed by atoms with van der Waals surface area (Å²) in [7, 11) is 1.82. The molecule has 26 heavy (non-hydrogen) atoms. The number of fused-ring (bicyclic) bond motifs is 1. The highest BCUT2D eigenvalue weighted by Gasteiger charge is 2.18. The minimum atomic E-state index is -0.0163. The smallest absolute Gasteiger partial charge is 0.254 e. The molecule has 0 spiro atoms. The lowest BCUT2D eigenvalue weighted by atomic mass is 10.0. The van der Waals surface area contributed by atoms with E-state index in [0.29, 0.717) is 18.7 Å². The molecule has 1 heterocycles. The summed E-state index contributed by atoms with van der Waals surface area (Å²) < 4.78 is 5.68. The topological polar surface area (TPSA) is 42.4 Å². The molecule has 0 atom stereocenters. The molecule has 0 unspecified atom stereocenters. The Bertz CT molecular complexity index is 950. The van der Waals surface area contributed by atoms with Crippen LogP contribution in [0.2, 0.25) is 0 Å². The molecule has 0 aliphatic heterocycles. The monoisotopic (exact) mass is 348 g/mol. The van der Waals surface area contributed by atoms with E-state index < -0.39 is 0 Å². The molecule has 0 aliphatic rings. The number of rotatable bonds is 5. The largest absolute Gasteiger partial charge is 0.494 e. The second-order valence-electron chi connectivity index (χ2n) is 6.53. The molecule has 1 amide bonds. The number of aromatic nitrogens is 1. The summed E-state index contributed by atoms with van der Waals surface area (Å²) in [5.74, 6) is 0.804. The van der Waals surface area contributed by atoms with E-state index in [-0.39, 0.29) is 5.91 Å². The zero-order chi connectivity index (χ0) is 18.7. The van der Waals surface area contributed by atoms with E-state index in [1.54, 1.807) is 4.90 Å². The van der Waals surface area contributed by atoms with Crippen molar-refractivity contribution in [2.45, 2.75) is 27.3 Å². The first-order valence-corrected chi connectivity index (χ1v) is 8.83. The standard InChI is InChI=1S/C22H24N2O2/c1-5-26-21-9-7-6-8-17(21)14-24(4)22(25)19-13-16(3)23-20-11-10-15(2)12-18(19)20/h6-13H,5,14H2,1-4H3. The van der Waals surface area contributed by atoms with Crippen molar-refractivity contribution in [1.29, 1.82) is 0 Å². The molecule has 3 rings (SSSR count). The maximum atomic E-state index is 13.2. The second kappa shape index (κ2) is 7.56. The quantitative estimate of drug-likeness (QED) is 0.681. The number of hydrogen-bond acceptors (Lipinski definition) is 3. The van der Waals surface area contributed by atoms with E-state index >= 15 is 0 Å². The van der Waals surface area contributed by atoms with Crippen LogP contribution in [0.15, 0.2) is 48.5 Å². The van der Waals surface area contributed by atoms with E-state index in [1.807, 2.05) is 76.3 Å². The highest BCUT2D eigenvalue weighted by molar-refractivity contribution is 6.06. The van der Waals surface area contributed by atoms with Crippen molar-refractivity contribution in [3.63, 3.8) is 0 Å². The number of pyridine rings is 1. The number of nitrogens with zero attached hydrogens (tertiary/aromatic N) is 2. The average molecular weight is 348 g/mol. The summed E-state index contributed by atoms with van der Waals surface area (Å²) in [4.78, 5) is 19.4. The summed E-state index contributed by atoms with van der Waals surface area (Å²) >= 11 is 0. The molecular formula is C22H24N2O2. The molecule has 0 bridgehead atoms. The summed E-state index contributed by atoms with van der Waals surface area (Å²) in [6.45, 7) is 6.99. The van der Waals surface area contributed by atoms with Gasteiger partial charge in [0.25, 0.3) is 5.91 Å². The van der Waals surface area contributed by atoms with Crippen LogP contribution in [0.25, 0.3) is 10.9 Å². The first kappa shape index (κ1) is 17.9. The number of carbonyl (C=O) groups is 1. The van der Waals surface area contributed by atoms with Crippen molar-refractivity contribution >= 4 is 16.8 Å². The molecule has 4 nitrogen and oxygen atoms in total. The Hall–Kier alpha value is -2.88. The number of carbonyl (C=O) groups excluding carboxylic acids is 1. The number of hydrogen-bond donors (Lipinski definition) is 0. The fourth-order valence-corrected chi connectivity index (χ4v) is 3.11. The van der Waals surface area contributed by atoms with Gasteiger partial charge in [-0.3, -0.25) is 9.78 Å². The molecule has 0 fully saturated rings. The minimum Gasteiger partial charge on any atom is -0.494 e. The molecule has 2 aromatic carbocycles. The van der Waals surface area contributed by atoms with E-state index in [9.17, 15) is 4.79 Å². The van der Waals surface area contributed by atoms with Gasteiger partial charge in [0.1, 0.15) is 5.75 Å². The van der Waals surface area contributed by atoms with Gasteiger partial charge in [-0.2, -0.15) is 0 Å². The SMILES string of the molecule is CCOc1ccccc1CN(C)C(=O)c1cc(C)nc2ccc(C)cc12. The lowest BCUT2D eigenvalue weighted by Crippen LogP contribution is -2.27. The normalized spacial score (nSPS) is 10.8. The van der Waals surface area contributed by atoms with Crippen LogP contribution in [0, 0.1) is 13.8 Å². The predicted octanol–water partition coefficient (Wildman–Crippen LogP) is 4.52. The number of aryl methyl sites for hydroxylation is 2. The van der Waals surface area contributed by atoms with Crippen molar-refractivity contribution < 1.29 is 9.53 Å². The second-order valence-corrected chi connectivity index (χ2v) is 6.53. The van der Waals surface area contributed by atoms with Gasteiger partial charge in [0.05, 0.1) is 17.7 Å². The third kappa shape index (κ3) is 3.69. The first-order valence-electron chi connectivity index (χ1n) is 8.83. The van der Waals surface area contributed by atoms with Crippen LogP contribution in [-0.4, -0.2) is 29.4 Å². The molecular weight excluding hydrogens is 324 g/mol. The van der Waals surface area contributed by atoms with E-state index in [0.717, 1.165) is 33.5 Å². The van der Waals surface area contributed by atoms with E-state index in [2.05, 4.69) is 4.98 Å². The Balaban J connectivity index is 1.94. The van der Waals surface area contributed by atoms with Crippen LogP contribution in [-0.2, 0) is 6.54 Å². The Labute approximate surface area is 154 Å². The van der Waals surface area contributed by atoms with Gasteiger partial charge in [-0.05, 0) is 45.0 Å². The predicted molar refractivity (Wildman–Crippen MR) is 105 cm³/mol. The van der Waals surface area contributed by atoms with Crippen LogP contribution < -0.4 is 4.74 Å². The molecule has 4 heteroatoms. The molecule has 0 radical (unpaired) electrons. The highest BCUT2D eigenvalue weighted by Crippen LogP contribution is 2.24. The van der Waals surface area contributed by atoms with Gasteiger partial charge in [0.2, 0.25) is 0 Å². The zero-order valence-corrected chi connectivity index (χ0v) is 15.7. The third-order valence-electron chi connectivity index (χ3n) is 4.35. The third-order valence-corrected chi connectivity index (χ3v) is 4.35. The van der Waals surface area contributed by atoms with Crippen LogP contribution in [0.3, 0.4) is 0 Å². The van der Waals surface area contributed by atoms with Gasteiger partial charge in [0, 0.05) is 30.2 Å². The lowest BCUT2D eigenvalue weighted by Gasteiger charge is -2.20. The van der Waals surface area contributed by atoms with Crippen molar-refractivity contribution in [3.8, 4) is 5.75 Å². The Morgan fingerprint density at radius 1 is 1.12 bits per heavy atom. The Morgan fingerprint density at radius 3 is 2.65 bits per heavy atom. The van der Waals surface area contributed by atoms with Gasteiger partial charge >= 0.3 is 0 Å². The molecule has 0 aliphatic carbocycles. The van der Waals surface area contributed by atoms with Gasteiger partial charge < -0.3 is 9.64 Å². The Morgan fingerprint density at radius 2 is 1.88 bits per heavy atom. The van der Waals surface area contributed by atoms with Crippen LogP contribution >= 0.6 is 0 Å².